The van der Waals surface area contributed by atoms with Crippen LogP contribution in [0.1, 0.15) is 46.4 Å². The topological polar surface area (TPSA) is 140 Å². The second-order valence-electron chi connectivity index (χ2n) is 14.0. The molecule has 2 aliphatic heterocycles. The number of halogens is 1. The lowest BCUT2D eigenvalue weighted by Gasteiger charge is -2.16. The summed E-state index contributed by atoms with van der Waals surface area (Å²) in [6, 6.07) is 22.1. The minimum Gasteiger partial charge on any atom is -0.481 e. The predicted octanol–water partition coefficient (Wildman–Crippen LogP) is 7.00. The number of aliphatic hydroxyl groups is 1. The molecule has 0 aliphatic carbocycles. The minimum absolute atomic E-state index is 0.257. The highest BCUT2D eigenvalue weighted by molar-refractivity contribution is 6.34. The predicted molar refractivity (Wildman–Crippen MR) is 199 cm³/mol. The van der Waals surface area contributed by atoms with E-state index in [1.807, 2.05) is 67.8 Å². The van der Waals surface area contributed by atoms with Gasteiger partial charge < -0.3 is 14.6 Å². The van der Waals surface area contributed by atoms with Gasteiger partial charge in [-0.15, -0.1) is 0 Å². The highest BCUT2D eigenvalue weighted by atomic mass is 35.5. The number of aliphatic hydroxyl groups excluding tert-OH is 1. The fourth-order valence-corrected chi connectivity index (χ4v) is 7.97. The van der Waals surface area contributed by atoms with Crippen LogP contribution in [-0.2, 0) is 24.3 Å². The molecule has 0 unspecified atom stereocenters. The van der Waals surface area contributed by atoms with Crippen LogP contribution >= 0.6 is 11.6 Å². The number of carboxylic acid groups (broad SMARTS) is 1. The van der Waals surface area contributed by atoms with E-state index in [9.17, 15) is 20.3 Å². The lowest BCUT2D eigenvalue weighted by atomic mass is 9.94. The second kappa shape index (κ2) is 14.1. The molecular weight excluding hydrogens is 676 g/mol. The zero-order chi connectivity index (χ0) is 35.9. The fourth-order valence-electron chi connectivity index (χ4n) is 7.67. The molecule has 2 saturated heterocycles. The third-order valence-corrected chi connectivity index (χ3v) is 10.8. The van der Waals surface area contributed by atoms with Crippen molar-refractivity contribution < 1.29 is 19.4 Å². The Hall–Kier alpha value is -5.18. The molecule has 2 aliphatic rings. The number of likely N-dealkylation sites (tertiary alicyclic amines) is 2. The van der Waals surface area contributed by atoms with Gasteiger partial charge in [-0.1, -0.05) is 41.9 Å². The standard InChI is InChI=1S/C41H37ClN6O4/c1-24-32(5-3-6-33(24)40-46-36-16-25(14-30(18-43)39(36)52-40)20-47-12-9-29(22-47)41(50)51)34-7-2-4-27(37(34)42)17-35-38-28(8-11-44-35)15-26(19-45-38)21-48-13-10-31(49)23-48/h2-8,11,14-16,19,29,31,49H,9-10,12-13,17,20-23H2,1H3,(H,50,51)/t29-,31+/m0/s1. The van der Waals surface area contributed by atoms with Crippen molar-refractivity contribution in [3.8, 4) is 28.7 Å². The highest BCUT2D eigenvalue weighted by Gasteiger charge is 2.28. The number of carboxylic acids is 1. The maximum absolute atomic E-state index is 11.5. The summed E-state index contributed by atoms with van der Waals surface area (Å²) in [5, 5.41) is 31.0. The van der Waals surface area contributed by atoms with Gasteiger partial charge in [0.2, 0.25) is 5.89 Å². The normalized spacial score (nSPS) is 18.0. The number of oxazole rings is 1. The fraction of sp³-hybridized carbons (Fsp3) is 0.293. The molecule has 2 fully saturated rings. The van der Waals surface area contributed by atoms with E-state index in [4.69, 9.17) is 31.0 Å². The van der Waals surface area contributed by atoms with Crippen molar-refractivity contribution in [2.45, 2.75) is 45.4 Å². The Labute approximate surface area is 305 Å². The van der Waals surface area contributed by atoms with Crippen molar-refractivity contribution in [2.24, 2.45) is 5.92 Å². The van der Waals surface area contributed by atoms with E-state index in [-0.39, 0.29) is 12.0 Å². The van der Waals surface area contributed by atoms with Crippen molar-refractivity contribution in [3.05, 3.63) is 112 Å². The largest absolute Gasteiger partial charge is 0.481 e. The SMILES string of the molecule is Cc1c(-c2nc3cc(CN4CC[C@H](C(=O)O)C4)cc(C#N)c3o2)cccc1-c1cccc(Cc2nccc3cc(CN4CC[C@@H](O)C4)cnc23)c1Cl. The maximum atomic E-state index is 11.5. The molecule has 8 rings (SSSR count). The van der Waals surface area contributed by atoms with Gasteiger partial charge in [0.1, 0.15) is 11.6 Å². The third kappa shape index (κ3) is 6.64. The van der Waals surface area contributed by atoms with Gasteiger partial charge in [-0.05, 0) is 84.5 Å². The zero-order valence-corrected chi connectivity index (χ0v) is 29.5. The Morgan fingerprint density at radius 1 is 0.981 bits per heavy atom. The van der Waals surface area contributed by atoms with E-state index in [2.05, 4.69) is 21.9 Å². The number of hydrogen-bond acceptors (Lipinski definition) is 9. The third-order valence-electron chi connectivity index (χ3n) is 10.4. The molecule has 2 atom stereocenters. The van der Waals surface area contributed by atoms with Gasteiger partial charge in [0.15, 0.2) is 5.58 Å². The van der Waals surface area contributed by atoms with Crippen LogP contribution in [0.3, 0.4) is 0 Å². The Morgan fingerprint density at radius 3 is 2.54 bits per heavy atom. The van der Waals surface area contributed by atoms with Crippen LogP contribution in [0, 0.1) is 24.2 Å². The van der Waals surface area contributed by atoms with Crippen LogP contribution in [0.4, 0.5) is 0 Å². The molecule has 3 aromatic heterocycles. The molecule has 0 saturated carbocycles. The number of nitriles is 1. The van der Waals surface area contributed by atoms with Crippen LogP contribution in [-0.4, -0.2) is 73.2 Å². The Balaban J connectivity index is 1.07. The average molecular weight is 713 g/mol. The van der Waals surface area contributed by atoms with Crippen molar-refractivity contribution >= 4 is 39.6 Å². The number of hydrogen-bond donors (Lipinski definition) is 2. The Kier molecular flexibility index (Phi) is 9.20. The van der Waals surface area contributed by atoms with Gasteiger partial charge >= 0.3 is 5.97 Å². The summed E-state index contributed by atoms with van der Waals surface area (Å²) in [6.07, 6.45) is 5.39. The van der Waals surface area contributed by atoms with Crippen molar-refractivity contribution in [1.29, 1.82) is 5.26 Å². The maximum Gasteiger partial charge on any atom is 0.307 e. The molecule has 52 heavy (non-hydrogen) atoms. The number of aliphatic carboxylic acids is 1. The summed E-state index contributed by atoms with van der Waals surface area (Å²) < 4.78 is 6.26. The Morgan fingerprint density at radius 2 is 1.75 bits per heavy atom. The summed E-state index contributed by atoms with van der Waals surface area (Å²) in [5.74, 6) is -0.731. The number of benzene rings is 3. The second-order valence-corrected chi connectivity index (χ2v) is 14.3. The van der Waals surface area contributed by atoms with Crippen molar-refractivity contribution in [1.82, 2.24) is 24.8 Å². The number of nitrogens with zero attached hydrogens (tertiary/aromatic N) is 6. The average Bonchev–Trinajstić information content (AvgIpc) is 3.89. The van der Waals surface area contributed by atoms with E-state index in [0.29, 0.717) is 66.6 Å². The van der Waals surface area contributed by atoms with Gasteiger partial charge in [-0.25, -0.2) is 4.98 Å². The molecular formula is C41H37ClN6O4. The van der Waals surface area contributed by atoms with E-state index in [1.165, 1.54) is 0 Å². The summed E-state index contributed by atoms with van der Waals surface area (Å²) in [6.45, 7) is 6.05. The molecule has 0 spiro atoms. The number of carbonyl (C=O) groups is 1. The molecule has 0 amide bonds. The summed E-state index contributed by atoms with van der Waals surface area (Å²) in [4.78, 5) is 30.2. The zero-order valence-electron chi connectivity index (χ0n) is 28.7. The molecule has 11 heteroatoms. The van der Waals surface area contributed by atoms with E-state index in [1.54, 1.807) is 6.07 Å². The molecule has 10 nitrogen and oxygen atoms in total. The molecule has 3 aromatic carbocycles. The quantitative estimate of drug-likeness (QED) is 0.161. The number of β-amino-alcohol motifs (C(OH)–C–C–N with tert-alkyl or cyclic N) is 1. The minimum atomic E-state index is -0.771. The molecule has 2 N–H and O–H groups in total. The molecule has 6 aromatic rings. The summed E-state index contributed by atoms with van der Waals surface area (Å²) in [5.41, 5.74) is 9.57. The van der Waals surface area contributed by atoms with Crippen LogP contribution in [0.5, 0.6) is 0 Å². The van der Waals surface area contributed by atoms with Crippen LogP contribution in [0.2, 0.25) is 5.02 Å². The number of aromatic nitrogens is 3. The first kappa shape index (κ1) is 33.9. The summed E-state index contributed by atoms with van der Waals surface area (Å²) >= 11 is 7.18. The van der Waals surface area contributed by atoms with Crippen LogP contribution in [0.15, 0.2) is 77.5 Å². The highest BCUT2D eigenvalue weighted by Crippen LogP contribution is 2.38. The van der Waals surface area contributed by atoms with Gasteiger partial charge in [0.05, 0.1) is 33.8 Å². The van der Waals surface area contributed by atoms with Gasteiger partial charge in [-0.2, -0.15) is 5.26 Å². The first-order valence-electron chi connectivity index (χ1n) is 17.5. The monoisotopic (exact) mass is 712 g/mol. The van der Waals surface area contributed by atoms with Gasteiger partial charge in [0.25, 0.3) is 0 Å². The smallest absolute Gasteiger partial charge is 0.307 e. The van der Waals surface area contributed by atoms with E-state index in [0.717, 1.165) is 75.1 Å². The van der Waals surface area contributed by atoms with Crippen LogP contribution < -0.4 is 0 Å². The van der Waals surface area contributed by atoms with E-state index >= 15 is 0 Å². The van der Waals surface area contributed by atoms with E-state index < -0.39 is 5.97 Å². The van der Waals surface area contributed by atoms with Gasteiger partial charge in [-0.3, -0.25) is 24.6 Å². The number of rotatable bonds is 9. The number of fused-ring (bicyclic) bond motifs is 2. The molecule has 0 bridgehead atoms. The molecule has 0 radical (unpaired) electrons. The molecule has 5 heterocycles. The molecule has 262 valence electrons. The van der Waals surface area contributed by atoms with Crippen molar-refractivity contribution in [2.75, 3.05) is 26.2 Å². The first-order valence-corrected chi connectivity index (χ1v) is 17.9. The lowest BCUT2D eigenvalue weighted by molar-refractivity contribution is -0.141. The lowest BCUT2D eigenvalue weighted by Crippen LogP contribution is -2.22. The Bertz CT molecular complexity index is 2390. The van der Waals surface area contributed by atoms with Crippen molar-refractivity contribution in [3.63, 3.8) is 0 Å². The first-order chi connectivity index (χ1) is 25.2. The summed E-state index contributed by atoms with van der Waals surface area (Å²) in [7, 11) is 0. The number of pyridine rings is 2. The van der Waals surface area contributed by atoms with Gasteiger partial charge in [0, 0.05) is 68.1 Å². The van der Waals surface area contributed by atoms with Crippen LogP contribution in [0.25, 0.3) is 44.6 Å².